The molecule has 2 rings (SSSR count). The van der Waals surface area contributed by atoms with E-state index in [1.54, 1.807) is 0 Å². The molecule has 0 bridgehead atoms. The van der Waals surface area contributed by atoms with Gasteiger partial charge >= 0.3 is 0 Å². The second-order valence-corrected chi connectivity index (χ2v) is 5.05. The molecule has 0 spiro atoms. The fourth-order valence-corrected chi connectivity index (χ4v) is 2.16. The third kappa shape index (κ3) is 4.35. The first-order valence-electron chi connectivity index (χ1n) is 6.58. The van der Waals surface area contributed by atoms with Crippen molar-refractivity contribution >= 4 is 17.5 Å². The van der Waals surface area contributed by atoms with Crippen LogP contribution in [0.3, 0.4) is 0 Å². The summed E-state index contributed by atoms with van der Waals surface area (Å²) >= 11 is 6.06. The largest absolute Gasteiger partial charge is 0.350 e. The number of halogens is 1. The molecule has 104 valence electrons. The van der Waals surface area contributed by atoms with Crippen molar-refractivity contribution in [2.75, 3.05) is 0 Å². The molecule has 0 fully saturated rings. The lowest BCUT2D eigenvalue weighted by Crippen LogP contribution is -2.23. The lowest BCUT2D eigenvalue weighted by Gasteiger charge is -2.06. The van der Waals surface area contributed by atoms with E-state index in [9.17, 15) is 4.79 Å². The van der Waals surface area contributed by atoms with Crippen LogP contribution in [0.1, 0.15) is 23.4 Å². The van der Waals surface area contributed by atoms with E-state index in [4.69, 9.17) is 11.6 Å². The van der Waals surface area contributed by atoms with Crippen molar-refractivity contribution in [1.82, 2.24) is 10.3 Å². The highest BCUT2D eigenvalue weighted by Crippen LogP contribution is 2.16. The number of aromatic nitrogens is 1. The predicted molar refractivity (Wildman–Crippen MR) is 80.6 cm³/mol. The van der Waals surface area contributed by atoms with Crippen LogP contribution >= 0.6 is 11.6 Å². The first-order chi connectivity index (χ1) is 9.65. The summed E-state index contributed by atoms with van der Waals surface area (Å²) < 4.78 is 0. The highest BCUT2D eigenvalue weighted by atomic mass is 35.5. The third-order valence-electron chi connectivity index (χ3n) is 2.99. The molecule has 0 saturated heterocycles. The van der Waals surface area contributed by atoms with Crippen LogP contribution in [0.25, 0.3) is 0 Å². The van der Waals surface area contributed by atoms with Gasteiger partial charge in [0.1, 0.15) is 0 Å². The summed E-state index contributed by atoms with van der Waals surface area (Å²) in [6.07, 6.45) is 1.07. The quantitative estimate of drug-likeness (QED) is 0.917. The smallest absolute Gasteiger partial charge is 0.220 e. The zero-order valence-electron chi connectivity index (χ0n) is 11.4. The van der Waals surface area contributed by atoms with E-state index in [1.807, 2.05) is 49.4 Å². The molecular formula is C16H17ClN2O. The predicted octanol–water partition coefficient (Wildman–Crippen LogP) is 3.29. The molecule has 1 N–H and O–H groups in total. The van der Waals surface area contributed by atoms with Crippen molar-refractivity contribution in [1.29, 1.82) is 0 Å². The maximum Gasteiger partial charge on any atom is 0.220 e. The molecule has 0 atom stereocenters. The maximum absolute atomic E-state index is 11.8. The number of hydrogen-bond donors (Lipinski definition) is 1. The molecule has 0 aliphatic carbocycles. The molecule has 1 amide bonds. The summed E-state index contributed by atoms with van der Waals surface area (Å²) in [4.78, 5) is 16.1. The van der Waals surface area contributed by atoms with Crippen LogP contribution < -0.4 is 5.32 Å². The lowest BCUT2D eigenvalue weighted by molar-refractivity contribution is -0.121. The van der Waals surface area contributed by atoms with Crippen molar-refractivity contribution < 1.29 is 4.79 Å². The maximum atomic E-state index is 11.8. The number of hydrogen-bond acceptors (Lipinski definition) is 2. The Morgan fingerprint density at radius 2 is 2.00 bits per heavy atom. The summed E-state index contributed by atoms with van der Waals surface area (Å²) in [5, 5.41) is 3.58. The minimum absolute atomic E-state index is 0.00762. The molecule has 0 aliphatic rings. The summed E-state index contributed by atoms with van der Waals surface area (Å²) in [5.41, 5.74) is 2.82. The molecule has 1 aromatic carbocycles. The summed E-state index contributed by atoms with van der Waals surface area (Å²) in [6, 6.07) is 13.4. The number of carbonyl (C=O) groups excluding carboxylic acids is 1. The second-order valence-electron chi connectivity index (χ2n) is 4.64. The summed E-state index contributed by atoms with van der Waals surface area (Å²) in [5.74, 6) is 0.00762. The Kier molecular flexibility index (Phi) is 5.13. The van der Waals surface area contributed by atoms with Gasteiger partial charge in [-0.2, -0.15) is 0 Å². The number of nitrogens with one attached hydrogen (secondary N) is 1. The van der Waals surface area contributed by atoms with E-state index in [1.165, 1.54) is 0 Å². The Bertz CT molecular complexity index is 599. The van der Waals surface area contributed by atoms with Crippen LogP contribution in [0.5, 0.6) is 0 Å². The van der Waals surface area contributed by atoms with Crippen molar-refractivity contribution in [3.05, 3.63) is 64.4 Å². The Labute approximate surface area is 124 Å². The molecular weight excluding hydrogens is 272 g/mol. The molecule has 0 radical (unpaired) electrons. The summed E-state index contributed by atoms with van der Waals surface area (Å²) in [6.45, 7) is 2.39. The van der Waals surface area contributed by atoms with Gasteiger partial charge in [0.15, 0.2) is 0 Å². The van der Waals surface area contributed by atoms with Gasteiger partial charge in [-0.3, -0.25) is 9.78 Å². The Hall–Kier alpha value is -1.87. The number of rotatable bonds is 5. The minimum Gasteiger partial charge on any atom is -0.350 e. The van der Waals surface area contributed by atoms with Crippen LogP contribution in [0.4, 0.5) is 0 Å². The molecule has 20 heavy (non-hydrogen) atoms. The van der Waals surface area contributed by atoms with E-state index in [0.29, 0.717) is 24.4 Å². The third-order valence-corrected chi connectivity index (χ3v) is 3.36. The molecule has 0 unspecified atom stereocenters. The van der Waals surface area contributed by atoms with Gasteiger partial charge in [0.05, 0.1) is 12.2 Å². The monoisotopic (exact) mass is 288 g/mol. The average Bonchev–Trinajstić information content (AvgIpc) is 2.44. The van der Waals surface area contributed by atoms with E-state index >= 15 is 0 Å². The van der Waals surface area contributed by atoms with Gasteiger partial charge in [-0.1, -0.05) is 35.9 Å². The molecule has 0 aliphatic heterocycles. The number of amides is 1. The first-order valence-corrected chi connectivity index (χ1v) is 6.95. The highest BCUT2D eigenvalue weighted by molar-refractivity contribution is 6.31. The molecule has 4 heteroatoms. The Morgan fingerprint density at radius 1 is 1.20 bits per heavy atom. The zero-order chi connectivity index (χ0) is 14.4. The van der Waals surface area contributed by atoms with Gasteiger partial charge in [-0.15, -0.1) is 0 Å². The first kappa shape index (κ1) is 14.5. The van der Waals surface area contributed by atoms with E-state index in [2.05, 4.69) is 10.3 Å². The van der Waals surface area contributed by atoms with E-state index < -0.39 is 0 Å². The van der Waals surface area contributed by atoms with E-state index in [-0.39, 0.29) is 5.91 Å². The van der Waals surface area contributed by atoms with E-state index in [0.717, 1.165) is 17.0 Å². The van der Waals surface area contributed by atoms with Crippen LogP contribution in [0.15, 0.2) is 42.5 Å². The number of benzene rings is 1. The Balaban J connectivity index is 1.80. The molecule has 0 saturated carbocycles. The van der Waals surface area contributed by atoms with Crippen LogP contribution in [0, 0.1) is 6.92 Å². The molecule has 1 aromatic heterocycles. The lowest BCUT2D eigenvalue weighted by atomic mass is 10.1. The van der Waals surface area contributed by atoms with Gasteiger partial charge in [-0.05, 0) is 37.1 Å². The number of carbonyl (C=O) groups is 1. The van der Waals surface area contributed by atoms with Crippen molar-refractivity contribution in [2.24, 2.45) is 0 Å². The zero-order valence-corrected chi connectivity index (χ0v) is 12.2. The van der Waals surface area contributed by atoms with Gasteiger partial charge in [0.2, 0.25) is 5.91 Å². The van der Waals surface area contributed by atoms with Crippen LogP contribution in [-0.2, 0) is 17.8 Å². The van der Waals surface area contributed by atoms with Crippen molar-refractivity contribution in [3.63, 3.8) is 0 Å². The summed E-state index contributed by atoms with van der Waals surface area (Å²) in [7, 11) is 0. The number of pyridine rings is 1. The van der Waals surface area contributed by atoms with Gasteiger partial charge in [0.25, 0.3) is 0 Å². The Morgan fingerprint density at radius 3 is 2.75 bits per heavy atom. The number of nitrogens with zero attached hydrogens (tertiary/aromatic N) is 1. The van der Waals surface area contributed by atoms with Crippen molar-refractivity contribution in [2.45, 2.75) is 26.3 Å². The van der Waals surface area contributed by atoms with Crippen LogP contribution in [-0.4, -0.2) is 10.9 Å². The van der Waals surface area contributed by atoms with Gasteiger partial charge in [-0.25, -0.2) is 0 Å². The average molecular weight is 289 g/mol. The highest BCUT2D eigenvalue weighted by Gasteiger charge is 2.05. The van der Waals surface area contributed by atoms with Gasteiger partial charge < -0.3 is 5.32 Å². The normalized spacial score (nSPS) is 10.3. The fourth-order valence-electron chi connectivity index (χ4n) is 1.92. The molecule has 2 aromatic rings. The molecule has 3 nitrogen and oxygen atoms in total. The number of aryl methyl sites for hydroxylation is 2. The van der Waals surface area contributed by atoms with Crippen molar-refractivity contribution in [3.8, 4) is 0 Å². The minimum atomic E-state index is 0.00762. The molecule has 1 heterocycles. The fraction of sp³-hybridized carbons (Fsp3) is 0.250. The standard InChI is InChI=1S/C16H17ClN2O/c1-12-5-4-7-14(19-12)11-18-16(20)10-9-13-6-2-3-8-15(13)17/h2-8H,9-11H2,1H3,(H,18,20). The SMILES string of the molecule is Cc1cccc(CNC(=O)CCc2ccccc2Cl)n1. The van der Waals surface area contributed by atoms with Gasteiger partial charge in [0, 0.05) is 17.1 Å². The topological polar surface area (TPSA) is 42.0 Å². The second kappa shape index (κ2) is 7.06. The van der Waals surface area contributed by atoms with Crippen LogP contribution in [0.2, 0.25) is 5.02 Å².